The van der Waals surface area contributed by atoms with Gasteiger partial charge in [0, 0.05) is 31.0 Å². The summed E-state index contributed by atoms with van der Waals surface area (Å²) in [6.45, 7) is 5.90. The molecule has 110 valence electrons. The quantitative estimate of drug-likeness (QED) is 0.854. The lowest BCUT2D eigenvalue weighted by molar-refractivity contribution is 0.0701. The van der Waals surface area contributed by atoms with Crippen LogP contribution < -0.4 is 0 Å². The second-order valence-corrected chi connectivity index (χ2v) is 6.64. The molecule has 0 radical (unpaired) electrons. The highest BCUT2D eigenvalue weighted by Crippen LogP contribution is 2.29. The van der Waals surface area contributed by atoms with Gasteiger partial charge in [-0.3, -0.25) is 9.78 Å². The third kappa shape index (κ3) is 2.97. The molecule has 0 unspecified atom stereocenters. The van der Waals surface area contributed by atoms with Crippen LogP contribution in [-0.2, 0) is 0 Å². The first-order valence-corrected chi connectivity index (χ1v) is 8.14. The Morgan fingerprint density at radius 3 is 2.62 bits per heavy atom. The van der Waals surface area contributed by atoms with Crippen molar-refractivity contribution in [1.82, 2.24) is 14.9 Å². The third-order valence-electron chi connectivity index (χ3n) is 3.99. The lowest BCUT2D eigenvalue weighted by atomic mass is 9.99. The number of hydrogen-bond donors (Lipinski definition) is 0. The van der Waals surface area contributed by atoms with Crippen LogP contribution in [0.25, 0.3) is 10.6 Å². The average Bonchev–Trinajstić information content (AvgIpc) is 2.90. The summed E-state index contributed by atoms with van der Waals surface area (Å²) in [5, 5.41) is 0.892. The molecule has 0 atom stereocenters. The smallest absolute Gasteiger partial charge is 0.265 e. The van der Waals surface area contributed by atoms with Crippen molar-refractivity contribution in [2.24, 2.45) is 5.92 Å². The molecular formula is C16H19N3OS. The van der Waals surface area contributed by atoms with Crippen molar-refractivity contribution in [3.63, 3.8) is 0 Å². The zero-order valence-corrected chi connectivity index (χ0v) is 13.2. The van der Waals surface area contributed by atoms with Gasteiger partial charge in [0.15, 0.2) is 0 Å². The second-order valence-electron chi connectivity index (χ2n) is 5.64. The van der Waals surface area contributed by atoms with Crippen LogP contribution in [0.5, 0.6) is 0 Å². The molecule has 1 fully saturated rings. The van der Waals surface area contributed by atoms with Gasteiger partial charge >= 0.3 is 0 Å². The lowest BCUT2D eigenvalue weighted by Gasteiger charge is -2.30. The number of hydrogen-bond acceptors (Lipinski definition) is 4. The number of carbonyl (C=O) groups is 1. The van der Waals surface area contributed by atoms with Crippen molar-refractivity contribution >= 4 is 17.2 Å². The molecule has 1 saturated heterocycles. The van der Waals surface area contributed by atoms with Gasteiger partial charge in [0.1, 0.15) is 9.88 Å². The van der Waals surface area contributed by atoms with E-state index in [4.69, 9.17) is 0 Å². The van der Waals surface area contributed by atoms with E-state index in [1.54, 1.807) is 12.4 Å². The van der Waals surface area contributed by atoms with Gasteiger partial charge in [0.2, 0.25) is 0 Å². The van der Waals surface area contributed by atoms with E-state index in [2.05, 4.69) is 16.9 Å². The Hall–Kier alpha value is -1.75. The Balaban J connectivity index is 1.83. The van der Waals surface area contributed by atoms with Gasteiger partial charge < -0.3 is 4.90 Å². The zero-order valence-electron chi connectivity index (χ0n) is 12.4. The summed E-state index contributed by atoms with van der Waals surface area (Å²) in [6, 6.07) is 3.85. The van der Waals surface area contributed by atoms with E-state index in [9.17, 15) is 4.79 Å². The number of rotatable bonds is 2. The Bertz CT molecular complexity index is 630. The third-order valence-corrected chi connectivity index (χ3v) is 5.18. The molecule has 1 aliphatic rings. The topological polar surface area (TPSA) is 46.1 Å². The number of aromatic nitrogens is 2. The molecule has 1 amide bonds. The maximum atomic E-state index is 12.7. The molecule has 0 aromatic carbocycles. The minimum absolute atomic E-state index is 0.136. The van der Waals surface area contributed by atoms with Crippen molar-refractivity contribution in [2.45, 2.75) is 26.7 Å². The van der Waals surface area contributed by atoms with Crippen LogP contribution in [0.1, 0.15) is 35.1 Å². The maximum Gasteiger partial charge on any atom is 0.265 e. The molecule has 2 aromatic rings. The highest BCUT2D eigenvalue weighted by Gasteiger charge is 2.25. The summed E-state index contributed by atoms with van der Waals surface area (Å²) in [7, 11) is 0. The molecule has 0 saturated carbocycles. The van der Waals surface area contributed by atoms with Crippen LogP contribution in [0, 0.1) is 12.8 Å². The summed E-state index contributed by atoms with van der Waals surface area (Å²) in [6.07, 6.45) is 5.70. The number of amides is 1. The number of carbonyl (C=O) groups excluding carboxylic acids is 1. The number of pyridine rings is 1. The van der Waals surface area contributed by atoms with E-state index in [0.717, 1.165) is 53.0 Å². The van der Waals surface area contributed by atoms with Gasteiger partial charge in [-0.1, -0.05) is 6.92 Å². The minimum atomic E-state index is 0.136. The first-order chi connectivity index (χ1) is 10.1. The molecule has 0 aliphatic carbocycles. The predicted octanol–water partition coefficient (Wildman–Crippen LogP) is 3.39. The van der Waals surface area contributed by atoms with Gasteiger partial charge in [-0.2, -0.15) is 0 Å². The molecule has 3 heterocycles. The van der Waals surface area contributed by atoms with Crippen molar-refractivity contribution in [1.29, 1.82) is 0 Å². The van der Waals surface area contributed by atoms with Crippen molar-refractivity contribution in [3.8, 4) is 10.6 Å². The Morgan fingerprint density at radius 2 is 1.95 bits per heavy atom. The number of likely N-dealkylation sites (tertiary alicyclic amines) is 1. The fraction of sp³-hybridized carbons (Fsp3) is 0.438. The Labute approximate surface area is 128 Å². The summed E-state index contributed by atoms with van der Waals surface area (Å²) >= 11 is 1.49. The lowest BCUT2D eigenvalue weighted by Crippen LogP contribution is -2.37. The molecule has 4 nitrogen and oxygen atoms in total. The average molecular weight is 301 g/mol. The molecule has 0 spiro atoms. The van der Waals surface area contributed by atoms with Crippen molar-refractivity contribution < 1.29 is 4.79 Å². The summed E-state index contributed by atoms with van der Waals surface area (Å²) in [5.74, 6) is 0.862. The molecule has 2 aromatic heterocycles. The van der Waals surface area contributed by atoms with Crippen LogP contribution in [0.4, 0.5) is 0 Å². The van der Waals surface area contributed by atoms with E-state index in [1.807, 2.05) is 24.0 Å². The summed E-state index contributed by atoms with van der Waals surface area (Å²) < 4.78 is 0. The molecule has 3 rings (SSSR count). The van der Waals surface area contributed by atoms with Gasteiger partial charge in [0.05, 0.1) is 5.69 Å². The molecule has 1 aliphatic heterocycles. The van der Waals surface area contributed by atoms with E-state index in [0.29, 0.717) is 0 Å². The predicted molar refractivity (Wildman–Crippen MR) is 84.4 cm³/mol. The normalized spacial score (nSPS) is 16.2. The van der Waals surface area contributed by atoms with Crippen LogP contribution in [-0.4, -0.2) is 33.9 Å². The monoisotopic (exact) mass is 301 g/mol. The second kappa shape index (κ2) is 5.93. The van der Waals surface area contributed by atoms with E-state index in [-0.39, 0.29) is 5.91 Å². The molecule has 0 bridgehead atoms. The van der Waals surface area contributed by atoms with Gasteiger partial charge in [-0.15, -0.1) is 11.3 Å². The molecule has 5 heteroatoms. The summed E-state index contributed by atoms with van der Waals surface area (Å²) in [5.41, 5.74) is 1.85. The van der Waals surface area contributed by atoms with Gasteiger partial charge in [0.25, 0.3) is 5.91 Å². The highest BCUT2D eigenvalue weighted by atomic mass is 32.1. The fourth-order valence-electron chi connectivity index (χ4n) is 2.57. The standard InChI is InChI=1S/C16H19N3OS/c1-11-5-9-19(10-6-11)16(20)14-12(2)18-15(21-14)13-3-7-17-8-4-13/h3-4,7-8,11H,5-6,9-10H2,1-2H3. The molecule has 21 heavy (non-hydrogen) atoms. The number of piperidine rings is 1. The first-order valence-electron chi connectivity index (χ1n) is 7.32. The molecule has 0 N–H and O–H groups in total. The largest absolute Gasteiger partial charge is 0.338 e. The van der Waals surface area contributed by atoms with Crippen molar-refractivity contribution in [3.05, 3.63) is 35.1 Å². The summed E-state index contributed by atoms with van der Waals surface area (Å²) in [4.78, 5) is 24.0. The van der Waals surface area contributed by atoms with Crippen LogP contribution in [0.2, 0.25) is 0 Å². The van der Waals surface area contributed by atoms with Crippen LogP contribution in [0.15, 0.2) is 24.5 Å². The Kier molecular flexibility index (Phi) is 4.01. The first kappa shape index (κ1) is 14.2. The maximum absolute atomic E-state index is 12.7. The van der Waals surface area contributed by atoms with Crippen LogP contribution in [0.3, 0.4) is 0 Å². The zero-order chi connectivity index (χ0) is 14.8. The van der Waals surface area contributed by atoms with Crippen molar-refractivity contribution in [2.75, 3.05) is 13.1 Å². The Morgan fingerprint density at radius 1 is 1.29 bits per heavy atom. The minimum Gasteiger partial charge on any atom is -0.338 e. The van der Waals surface area contributed by atoms with Gasteiger partial charge in [-0.05, 0) is 37.8 Å². The van der Waals surface area contributed by atoms with Crippen LogP contribution >= 0.6 is 11.3 Å². The number of thiazole rings is 1. The molecular weight excluding hydrogens is 282 g/mol. The van der Waals surface area contributed by atoms with E-state index >= 15 is 0 Å². The SMILES string of the molecule is Cc1nc(-c2ccncc2)sc1C(=O)N1CCC(C)CC1. The van der Waals surface area contributed by atoms with E-state index < -0.39 is 0 Å². The number of aryl methyl sites for hydroxylation is 1. The van der Waals surface area contributed by atoms with E-state index in [1.165, 1.54) is 11.3 Å². The number of nitrogens with zero attached hydrogens (tertiary/aromatic N) is 3. The fourth-order valence-corrected chi connectivity index (χ4v) is 3.61. The highest BCUT2D eigenvalue weighted by molar-refractivity contribution is 7.17. The van der Waals surface area contributed by atoms with Gasteiger partial charge in [-0.25, -0.2) is 4.98 Å².